The van der Waals surface area contributed by atoms with Crippen molar-refractivity contribution in [2.24, 2.45) is 10.9 Å². The first-order valence-electron chi connectivity index (χ1n) is 8.07. The number of nitrogens with zero attached hydrogens (tertiary/aromatic N) is 1. The Balaban J connectivity index is 2.38. The molecule has 0 saturated carbocycles. The highest BCUT2D eigenvalue weighted by Gasteiger charge is 2.05. The van der Waals surface area contributed by atoms with Gasteiger partial charge in [-0.05, 0) is 25.0 Å². The lowest BCUT2D eigenvalue weighted by atomic mass is 10.1. The Labute approximate surface area is 143 Å². The maximum absolute atomic E-state index is 11.5. The standard InChI is InChI=1S/C17H27ClN4O/c1-4-19-17(22-12-11-20-16(23)13(2)3)21-10-9-14-7-5-6-8-15(14)18/h5-8,13H,4,9-12H2,1-3H3,(H,20,23)(H2,19,21,22). The molecule has 5 nitrogen and oxygen atoms in total. The fourth-order valence-electron chi connectivity index (χ4n) is 1.90. The topological polar surface area (TPSA) is 65.5 Å². The third-order valence-electron chi connectivity index (χ3n) is 3.19. The number of benzene rings is 1. The second-order valence-corrected chi connectivity index (χ2v) is 5.88. The Morgan fingerprint density at radius 3 is 2.52 bits per heavy atom. The first kappa shape index (κ1) is 19.3. The molecule has 0 aromatic heterocycles. The minimum Gasteiger partial charge on any atom is -0.357 e. The molecule has 1 amide bonds. The second-order valence-electron chi connectivity index (χ2n) is 5.47. The van der Waals surface area contributed by atoms with E-state index in [0.717, 1.165) is 29.5 Å². The number of aliphatic imine (C=N–C) groups is 1. The van der Waals surface area contributed by atoms with E-state index in [9.17, 15) is 4.79 Å². The molecular formula is C17H27ClN4O. The van der Waals surface area contributed by atoms with E-state index in [1.54, 1.807) is 0 Å². The lowest BCUT2D eigenvalue weighted by Gasteiger charge is -2.12. The van der Waals surface area contributed by atoms with Crippen LogP contribution >= 0.6 is 11.6 Å². The molecule has 128 valence electrons. The van der Waals surface area contributed by atoms with Crippen molar-refractivity contribution >= 4 is 23.5 Å². The molecule has 0 fully saturated rings. The van der Waals surface area contributed by atoms with Gasteiger partial charge in [-0.1, -0.05) is 43.6 Å². The molecule has 0 aliphatic rings. The quantitative estimate of drug-likeness (QED) is 0.387. The molecule has 0 bridgehead atoms. The maximum atomic E-state index is 11.5. The monoisotopic (exact) mass is 338 g/mol. The molecule has 6 heteroatoms. The Bertz CT molecular complexity index is 517. The summed E-state index contributed by atoms with van der Waals surface area (Å²) < 4.78 is 0. The Kier molecular flexibility index (Phi) is 9.14. The van der Waals surface area contributed by atoms with E-state index in [-0.39, 0.29) is 11.8 Å². The van der Waals surface area contributed by atoms with Gasteiger partial charge in [0.2, 0.25) is 5.91 Å². The molecule has 0 atom stereocenters. The van der Waals surface area contributed by atoms with Crippen LogP contribution in [0.1, 0.15) is 26.3 Å². The van der Waals surface area contributed by atoms with E-state index in [4.69, 9.17) is 11.6 Å². The summed E-state index contributed by atoms with van der Waals surface area (Å²) in [5, 5.41) is 10.0. The van der Waals surface area contributed by atoms with Crippen LogP contribution in [-0.4, -0.2) is 38.0 Å². The zero-order valence-electron chi connectivity index (χ0n) is 14.2. The van der Waals surface area contributed by atoms with Crippen LogP contribution in [0.25, 0.3) is 0 Å². The summed E-state index contributed by atoms with van der Waals surface area (Å²) in [6.07, 6.45) is 0.792. The summed E-state index contributed by atoms with van der Waals surface area (Å²) >= 11 is 6.14. The van der Waals surface area contributed by atoms with Gasteiger partial charge in [-0.3, -0.25) is 9.79 Å². The number of carbonyl (C=O) groups is 1. The number of nitrogens with one attached hydrogen (secondary N) is 3. The molecule has 3 N–H and O–H groups in total. The van der Waals surface area contributed by atoms with Gasteiger partial charge >= 0.3 is 0 Å². The van der Waals surface area contributed by atoms with Crippen molar-refractivity contribution in [3.63, 3.8) is 0 Å². The predicted molar refractivity (Wildman–Crippen MR) is 97.0 cm³/mol. The fourth-order valence-corrected chi connectivity index (χ4v) is 2.13. The predicted octanol–water partition coefficient (Wildman–Crippen LogP) is 2.21. The summed E-state index contributed by atoms with van der Waals surface area (Å²) in [6.45, 7) is 8.42. The van der Waals surface area contributed by atoms with Gasteiger partial charge in [0.15, 0.2) is 5.96 Å². The van der Waals surface area contributed by atoms with Crippen molar-refractivity contribution in [2.75, 3.05) is 26.2 Å². The van der Waals surface area contributed by atoms with Gasteiger partial charge in [-0.2, -0.15) is 0 Å². The zero-order valence-corrected chi connectivity index (χ0v) is 14.9. The number of guanidine groups is 1. The summed E-state index contributed by atoms with van der Waals surface area (Å²) in [6, 6.07) is 7.80. The van der Waals surface area contributed by atoms with E-state index in [0.29, 0.717) is 19.6 Å². The van der Waals surface area contributed by atoms with E-state index < -0.39 is 0 Å². The molecule has 1 aromatic carbocycles. The SMILES string of the molecule is CCNC(=NCCc1ccccc1Cl)NCCNC(=O)C(C)C. The van der Waals surface area contributed by atoms with Crippen LogP contribution in [0.4, 0.5) is 0 Å². The molecule has 0 aliphatic heterocycles. The summed E-state index contributed by atoms with van der Waals surface area (Å²) in [7, 11) is 0. The smallest absolute Gasteiger partial charge is 0.222 e. The van der Waals surface area contributed by atoms with Gasteiger partial charge in [-0.15, -0.1) is 0 Å². The van der Waals surface area contributed by atoms with E-state index in [1.807, 2.05) is 45.0 Å². The van der Waals surface area contributed by atoms with Crippen LogP contribution < -0.4 is 16.0 Å². The molecular weight excluding hydrogens is 312 g/mol. The Morgan fingerprint density at radius 2 is 1.87 bits per heavy atom. The molecule has 0 saturated heterocycles. The van der Waals surface area contributed by atoms with Crippen molar-refractivity contribution in [3.8, 4) is 0 Å². The molecule has 1 aromatic rings. The normalized spacial score (nSPS) is 11.4. The average Bonchev–Trinajstić information content (AvgIpc) is 2.52. The Morgan fingerprint density at radius 1 is 1.17 bits per heavy atom. The van der Waals surface area contributed by atoms with Crippen molar-refractivity contribution < 1.29 is 4.79 Å². The largest absolute Gasteiger partial charge is 0.357 e. The fraction of sp³-hybridized carbons (Fsp3) is 0.529. The number of rotatable bonds is 8. The van der Waals surface area contributed by atoms with Crippen molar-refractivity contribution in [3.05, 3.63) is 34.9 Å². The van der Waals surface area contributed by atoms with Crippen LogP contribution in [0, 0.1) is 5.92 Å². The first-order chi connectivity index (χ1) is 11.0. The minimum absolute atomic E-state index is 0.00697. The highest BCUT2D eigenvalue weighted by Crippen LogP contribution is 2.15. The molecule has 1 rings (SSSR count). The molecule has 23 heavy (non-hydrogen) atoms. The number of hydrogen-bond donors (Lipinski definition) is 3. The van der Waals surface area contributed by atoms with Crippen LogP contribution in [0.2, 0.25) is 5.02 Å². The van der Waals surface area contributed by atoms with Crippen molar-refractivity contribution in [1.29, 1.82) is 0 Å². The Hall–Kier alpha value is -1.75. The van der Waals surface area contributed by atoms with E-state index in [2.05, 4.69) is 20.9 Å². The van der Waals surface area contributed by atoms with E-state index in [1.165, 1.54) is 0 Å². The summed E-state index contributed by atoms with van der Waals surface area (Å²) in [5.41, 5.74) is 1.10. The third kappa shape index (κ3) is 7.88. The number of hydrogen-bond acceptors (Lipinski definition) is 2. The number of halogens is 1. The maximum Gasteiger partial charge on any atom is 0.222 e. The third-order valence-corrected chi connectivity index (χ3v) is 3.56. The molecule has 0 heterocycles. The van der Waals surface area contributed by atoms with Gasteiger partial charge in [0.1, 0.15) is 0 Å². The lowest BCUT2D eigenvalue weighted by molar-refractivity contribution is -0.123. The number of amides is 1. The molecule has 0 aliphatic carbocycles. The van der Waals surface area contributed by atoms with Crippen molar-refractivity contribution in [2.45, 2.75) is 27.2 Å². The van der Waals surface area contributed by atoms with Crippen LogP contribution in [-0.2, 0) is 11.2 Å². The lowest BCUT2D eigenvalue weighted by Crippen LogP contribution is -2.42. The summed E-state index contributed by atoms with van der Waals surface area (Å²) in [4.78, 5) is 16.0. The highest BCUT2D eigenvalue weighted by atomic mass is 35.5. The molecule has 0 radical (unpaired) electrons. The van der Waals surface area contributed by atoms with Crippen molar-refractivity contribution in [1.82, 2.24) is 16.0 Å². The van der Waals surface area contributed by atoms with Crippen LogP contribution in [0.3, 0.4) is 0 Å². The second kappa shape index (κ2) is 10.9. The van der Waals surface area contributed by atoms with Gasteiger partial charge in [0.25, 0.3) is 0 Å². The van der Waals surface area contributed by atoms with Gasteiger partial charge in [0, 0.05) is 37.1 Å². The van der Waals surface area contributed by atoms with Gasteiger partial charge < -0.3 is 16.0 Å². The zero-order chi connectivity index (χ0) is 17.1. The van der Waals surface area contributed by atoms with Gasteiger partial charge in [-0.25, -0.2) is 0 Å². The van der Waals surface area contributed by atoms with Crippen LogP contribution in [0.5, 0.6) is 0 Å². The molecule has 0 spiro atoms. The summed E-state index contributed by atoms with van der Waals surface area (Å²) in [5.74, 6) is 0.818. The first-order valence-corrected chi connectivity index (χ1v) is 8.45. The van der Waals surface area contributed by atoms with E-state index >= 15 is 0 Å². The molecule has 0 unspecified atom stereocenters. The minimum atomic E-state index is 0.00697. The highest BCUT2D eigenvalue weighted by molar-refractivity contribution is 6.31. The average molecular weight is 339 g/mol. The number of carbonyl (C=O) groups excluding carboxylic acids is 1. The van der Waals surface area contributed by atoms with Gasteiger partial charge in [0.05, 0.1) is 0 Å². The van der Waals surface area contributed by atoms with Crippen LogP contribution in [0.15, 0.2) is 29.3 Å².